The first kappa shape index (κ1) is 21.5. The molecule has 8 nitrogen and oxygen atoms in total. The lowest BCUT2D eigenvalue weighted by atomic mass is 10.1. The van der Waals surface area contributed by atoms with E-state index >= 15 is 0 Å². The van der Waals surface area contributed by atoms with Gasteiger partial charge in [0, 0.05) is 22.3 Å². The van der Waals surface area contributed by atoms with Gasteiger partial charge >= 0.3 is 0 Å². The molecular weight excluding hydrogens is 426 g/mol. The number of anilines is 1. The molecule has 4 rings (SSSR count). The molecule has 0 radical (unpaired) electrons. The minimum absolute atomic E-state index is 0.273. The van der Waals surface area contributed by atoms with Crippen LogP contribution >= 0.6 is 11.3 Å². The van der Waals surface area contributed by atoms with Gasteiger partial charge in [0.15, 0.2) is 22.4 Å². The predicted molar refractivity (Wildman–Crippen MR) is 124 cm³/mol. The standard InChI is InChI=1S/C23H23N5O3S/c1-13-10-14(2)28(27-13)20-9-7-17(12-24-20)22(29)26-23-25-21(15(3)32-23)16-6-8-18(30-4)19(11-16)31-5/h6-12H,1-5H3,(H,25,26,29). The Kier molecular flexibility index (Phi) is 5.91. The van der Waals surface area contributed by atoms with Crippen LogP contribution < -0.4 is 14.8 Å². The van der Waals surface area contributed by atoms with Crippen molar-refractivity contribution in [2.75, 3.05) is 19.5 Å². The molecule has 164 valence electrons. The van der Waals surface area contributed by atoms with E-state index in [0.29, 0.717) is 28.0 Å². The summed E-state index contributed by atoms with van der Waals surface area (Å²) < 4.78 is 12.4. The van der Waals surface area contributed by atoms with Crippen molar-refractivity contribution < 1.29 is 14.3 Å². The highest BCUT2D eigenvalue weighted by Gasteiger charge is 2.16. The van der Waals surface area contributed by atoms with Crippen LogP contribution in [0.3, 0.4) is 0 Å². The molecule has 1 amide bonds. The molecule has 1 N–H and O–H groups in total. The van der Waals surface area contributed by atoms with Crippen LogP contribution in [0, 0.1) is 20.8 Å². The Morgan fingerprint density at radius 2 is 1.81 bits per heavy atom. The van der Waals surface area contributed by atoms with E-state index in [4.69, 9.17) is 9.47 Å². The number of amides is 1. The molecule has 4 aromatic rings. The highest BCUT2D eigenvalue weighted by atomic mass is 32.1. The number of ether oxygens (including phenoxy) is 2. The first-order chi connectivity index (χ1) is 15.4. The molecule has 0 saturated heterocycles. The fourth-order valence-electron chi connectivity index (χ4n) is 3.38. The summed E-state index contributed by atoms with van der Waals surface area (Å²) in [6.45, 7) is 5.85. The van der Waals surface area contributed by atoms with Gasteiger partial charge < -0.3 is 9.47 Å². The maximum absolute atomic E-state index is 12.7. The third-order valence-corrected chi connectivity index (χ3v) is 5.80. The van der Waals surface area contributed by atoms with Gasteiger partial charge in [0.25, 0.3) is 5.91 Å². The number of carbonyl (C=O) groups excluding carboxylic acids is 1. The van der Waals surface area contributed by atoms with Crippen LogP contribution in [-0.2, 0) is 0 Å². The van der Waals surface area contributed by atoms with Crippen molar-refractivity contribution in [3.63, 3.8) is 0 Å². The Labute approximate surface area is 189 Å². The number of hydrogen-bond donors (Lipinski definition) is 1. The van der Waals surface area contributed by atoms with Gasteiger partial charge in [0.2, 0.25) is 0 Å². The second kappa shape index (κ2) is 8.80. The molecular formula is C23H23N5O3S. The van der Waals surface area contributed by atoms with Crippen molar-refractivity contribution in [1.82, 2.24) is 19.7 Å². The minimum atomic E-state index is -0.273. The van der Waals surface area contributed by atoms with Crippen LogP contribution in [0.4, 0.5) is 5.13 Å². The molecule has 0 aliphatic carbocycles. The zero-order valence-electron chi connectivity index (χ0n) is 18.5. The number of nitrogens with zero attached hydrogens (tertiary/aromatic N) is 4. The molecule has 0 aliphatic rings. The summed E-state index contributed by atoms with van der Waals surface area (Å²) in [5, 5.41) is 7.79. The first-order valence-electron chi connectivity index (χ1n) is 9.90. The zero-order chi connectivity index (χ0) is 22.8. The Morgan fingerprint density at radius 1 is 1.03 bits per heavy atom. The number of benzene rings is 1. The van der Waals surface area contributed by atoms with Crippen LogP contribution in [0.25, 0.3) is 17.1 Å². The monoisotopic (exact) mass is 449 g/mol. The number of pyridine rings is 1. The van der Waals surface area contributed by atoms with Gasteiger partial charge in [-0.1, -0.05) is 0 Å². The summed E-state index contributed by atoms with van der Waals surface area (Å²) in [6.07, 6.45) is 1.54. The van der Waals surface area contributed by atoms with Gasteiger partial charge in [0.05, 0.1) is 31.2 Å². The van der Waals surface area contributed by atoms with Crippen LogP contribution in [0.15, 0.2) is 42.6 Å². The lowest BCUT2D eigenvalue weighted by molar-refractivity contribution is 0.102. The largest absolute Gasteiger partial charge is 0.493 e. The van der Waals surface area contributed by atoms with Gasteiger partial charge in [-0.05, 0) is 57.2 Å². The lowest BCUT2D eigenvalue weighted by Gasteiger charge is -2.08. The number of aromatic nitrogens is 4. The minimum Gasteiger partial charge on any atom is -0.493 e. The molecule has 0 unspecified atom stereocenters. The first-order valence-corrected chi connectivity index (χ1v) is 10.7. The van der Waals surface area contributed by atoms with Gasteiger partial charge in [-0.25, -0.2) is 14.6 Å². The summed E-state index contributed by atoms with van der Waals surface area (Å²) in [7, 11) is 3.19. The quantitative estimate of drug-likeness (QED) is 0.463. The second-order valence-corrected chi connectivity index (χ2v) is 8.39. The number of thiazole rings is 1. The molecule has 3 aromatic heterocycles. The molecule has 0 aliphatic heterocycles. The maximum atomic E-state index is 12.7. The van der Waals surface area contributed by atoms with Crippen molar-refractivity contribution in [2.24, 2.45) is 0 Å². The maximum Gasteiger partial charge on any atom is 0.259 e. The topological polar surface area (TPSA) is 91.2 Å². The van der Waals surface area contributed by atoms with Crippen molar-refractivity contribution in [1.29, 1.82) is 0 Å². The van der Waals surface area contributed by atoms with Crippen molar-refractivity contribution >= 4 is 22.4 Å². The molecule has 32 heavy (non-hydrogen) atoms. The van der Waals surface area contributed by atoms with E-state index in [1.165, 1.54) is 17.5 Å². The van der Waals surface area contributed by atoms with Crippen molar-refractivity contribution in [3.05, 3.63) is 64.4 Å². The zero-order valence-corrected chi connectivity index (χ0v) is 19.3. The van der Waals surface area contributed by atoms with Gasteiger partial charge in [0.1, 0.15) is 0 Å². The third kappa shape index (κ3) is 4.19. The number of hydrogen-bond acceptors (Lipinski definition) is 7. The van der Waals surface area contributed by atoms with Gasteiger partial charge in [-0.15, -0.1) is 11.3 Å². The molecule has 0 fully saturated rings. The Balaban J connectivity index is 1.53. The number of rotatable bonds is 6. The van der Waals surface area contributed by atoms with Gasteiger partial charge in [-0.2, -0.15) is 5.10 Å². The van der Waals surface area contributed by atoms with E-state index in [-0.39, 0.29) is 5.91 Å². The average Bonchev–Trinajstić information content (AvgIpc) is 3.33. The molecule has 3 heterocycles. The fourth-order valence-corrected chi connectivity index (χ4v) is 4.21. The van der Waals surface area contributed by atoms with Crippen molar-refractivity contribution in [3.8, 4) is 28.6 Å². The Morgan fingerprint density at radius 3 is 2.44 bits per heavy atom. The molecule has 0 saturated carbocycles. The number of carbonyl (C=O) groups is 1. The van der Waals surface area contributed by atoms with Crippen molar-refractivity contribution in [2.45, 2.75) is 20.8 Å². The van der Waals surface area contributed by atoms with E-state index in [2.05, 4.69) is 20.4 Å². The Hall–Kier alpha value is -3.72. The number of aryl methyl sites for hydroxylation is 3. The molecule has 0 bridgehead atoms. The smallest absolute Gasteiger partial charge is 0.259 e. The number of methoxy groups -OCH3 is 2. The van der Waals surface area contributed by atoms with E-state index < -0.39 is 0 Å². The van der Waals surface area contributed by atoms with E-state index in [9.17, 15) is 4.79 Å². The molecule has 9 heteroatoms. The SMILES string of the molecule is COc1ccc(-c2nc(NC(=O)c3ccc(-n4nc(C)cc4C)nc3)sc2C)cc1OC. The summed E-state index contributed by atoms with van der Waals surface area (Å²) in [4.78, 5) is 22.7. The summed E-state index contributed by atoms with van der Waals surface area (Å²) >= 11 is 1.41. The number of nitrogens with one attached hydrogen (secondary N) is 1. The van der Waals surface area contributed by atoms with Crippen LogP contribution in [0.1, 0.15) is 26.6 Å². The van der Waals surface area contributed by atoms with Crippen LogP contribution in [-0.4, -0.2) is 39.9 Å². The molecule has 0 spiro atoms. The normalized spacial score (nSPS) is 10.8. The van der Waals surface area contributed by atoms with E-state index in [1.807, 2.05) is 45.0 Å². The molecule has 1 aromatic carbocycles. The van der Waals surface area contributed by atoms with E-state index in [0.717, 1.165) is 27.5 Å². The lowest BCUT2D eigenvalue weighted by Crippen LogP contribution is -2.12. The highest BCUT2D eigenvalue weighted by molar-refractivity contribution is 7.16. The highest BCUT2D eigenvalue weighted by Crippen LogP contribution is 2.36. The van der Waals surface area contributed by atoms with E-state index in [1.54, 1.807) is 31.0 Å². The summed E-state index contributed by atoms with van der Waals surface area (Å²) in [5.74, 6) is 1.66. The predicted octanol–water partition coefficient (Wildman–Crippen LogP) is 4.59. The fraction of sp³-hybridized carbons (Fsp3) is 0.217. The van der Waals surface area contributed by atoms with Crippen LogP contribution in [0.5, 0.6) is 11.5 Å². The average molecular weight is 450 g/mol. The second-order valence-electron chi connectivity index (χ2n) is 7.19. The van der Waals surface area contributed by atoms with Gasteiger partial charge in [-0.3, -0.25) is 10.1 Å². The summed E-state index contributed by atoms with van der Waals surface area (Å²) in [6, 6.07) is 11.1. The summed E-state index contributed by atoms with van der Waals surface area (Å²) in [5.41, 5.74) is 4.00. The molecule has 0 atom stereocenters. The third-order valence-electron chi connectivity index (χ3n) is 4.91. The Bertz CT molecular complexity index is 1280. The van der Waals surface area contributed by atoms with Crippen LogP contribution in [0.2, 0.25) is 0 Å².